The second kappa shape index (κ2) is 47.2. The SMILES string of the molecule is C=C(CC)CCC(CCC(=C)CCCCCCCC)CC(=C)CCCCCCCCCCCCCCCC.CC.CCCCCCCCC. The van der Waals surface area contributed by atoms with Crippen LogP contribution in [0.3, 0.4) is 0 Å². The Kier molecular flexibility index (Phi) is 50.7. The quantitative estimate of drug-likeness (QED) is 0.0451. The van der Waals surface area contributed by atoms with Crippen LogP contribution in [0.1, 0.15) is 273 Å². The highest BCUT2D eigenvalue weighted by Crippen LogP contribution is 2.28. The van der Waals surface area contributed by atoms with Crippen molar-refractivity contribution in [3.05, 3.63) is 36.5 Å². The molecule has 0 saturated heterocycles. The fourth-order valence-electron chi connectivity index (χ4n) is 6.73. The first-order valence-electron chi connectivity index (χ1n) is 22.9. The van der Waals surface area contributed by atoms with Crippen LogP contribution < -0.4 is 0 Å². The van der Waals surface area contributed by atoms with Gasteiger partial charge in [0.15, 0.2) is 0 Å². The van der Waals surface area contributed by atoms with Crippen LogP contribution in [0.2, 0.25) is 0 Å². The molecule has 0 saturated carbocycles. The first kappa shape index (κ1) is 52.6. The molecule has 0 aromatic carbocycles. The summed E-state index contributed by atoms with van der Waals surface area (Å²) in [4.78, 5) is 0. The van der Waals surface area contributed by atoms with Crippen LogP contribution in [-0.4, -0.2) is 0 Å². The first-order valence-corrected chi connectivity index (χ1v) is 22.9. The van der Waals surface area contributed by atoms with E-state index < -0.39 is 0 Å². The second-order valence-corrected chi connectivity index (χ2v) is 15.4. The van der Waals surface area contributed by atoms with E-state index in [1.165, 1.54) is 235 Å². The monoisotopic (exact) mass is 687 g/mol. The van der Waals surface area contributed by atoms with E-state index in [1.54, 1.807) is 0 Å². The van der Waals surface area contributed by atoms with Gasteiger partial charge in [-0.1, -0.05) is 245 Å². The van der Waals surface area contributed by atoms with Gasteiger partial charge < -0.3 is 0 Å². The molecule has 0 heteroatoms. The highest BCUT2D eigenvalue weighted by atomic mass is 14.2. The zero-order valence-electron chi connectivity index (χ0n) is 35.9. The molecule has 0 radical (unpaired) electrons. The molecule has 1 unspecified atom stereocenters. The van der Waals surface area contributed by atoms with Gasteiger partial charge in [0.05, 0.1) is 0 Å². The van der Waals surface area contributed by atoms with Crippen LogP contribution in [0.4, 0.5) is 0 Å². The average molecular weight is 687 g/mol. The predicted octanol–water partition coefficient (Wildman–Crippen LogP) is 19.0. The van der Waals surface area contributed by atoms with E-state index in [4.69, 9.17) is 0 Å². The molecule has 0 rings (SSSR count). The molecule has 0 amide bonds. The maximum absolute atomic E-state index is 4.51. The van der Waals surface area contributed by atoms with Crippen molar-refractivity contribution < 1.29 is 0 Å². The number of hydrogen-bond donors (Lipinski definition) is 0. The lowest BCUT2D eigenvalue weighted by atomic mass is 9.86. The van der Waals surface area contributed by atoms with E-state index in [0.717, 1.165) is 12.3 Å². The molecule has 0 fully saturated rings. The van der Waals surface area contributed by atoms with E-state index in [1.807, 2.05) is 13.8 Å². The van der Waals surface area contributed by atoms with Crippen molar-refractivity contribution in [2.75, 3.05) is 0 Å². The Bertz CT molecular complexity index is 632. The van der Waals surface area contributed by atoms with Crippen molar-refractivity contribution in [1.29, 1.82) is 0 Å². The summed E-state index contributed by atoms with van der Waals surface area (Å²) >= 11 is 0. The highest BCUT2D eigenvalue weighted by molar-refractivity contribution is 5.00. The lowest BCUT2D eigenvalue weighted by Gasteiger charge is -2.20. The fourth-order valence-corrected chi connectivity index (χ4v) is 6.73. The van der Waals surface area contributed by atoms with Gasteiger partial charge in [0.1, 0.15) is 0 Å². The Morgan fingerprint density at radius 2 is 0.592 bits per heavy atom. The number of unbranched alkanes of at least 4 members (excludes halogenated alkanes) is 24. The third-order valence-electron chi connectivity index (χ3n) is 10.4. The summed E-state index contributed by atoms with van der Waals surface area (Å²) in [5, 5.41) is 0. The zero-order chi connectivity index (χ0) is 37.1. The molecular weight excluding hydrogens is 589 g/mol. The predicted molar refractivity (Wildman–Crippen MR) is 232 cm³/mol. The van der Waals surface area contributed by atoms with Crippen LogP contribution in [-0.2, 0) is 0 Å². The van der Waals surface area contributed by atoms with Gasteiger partial charge in [-0.15, -0.1) is 0 Å². The first-order chi connectivity index (χ1) is 23.9. The van der Waals surface area contributed by atoms with E-state index in [2.05, 4.69) is 54.4 Å². The molecule has 0 aliphatic rings. The maximum Gasteiger partial charge on any atom is -0.0294 e. The minimum absolute atomic E-state index is 0.763. The van der Waals surface area contributed by atoms with Crippen LogP contribution in [0.5, 0.6) is 0 Å². The van der Waals surface area contributed by atoms with Crippen molar-refractivity contribution in [2.45, 2.75) is 273 Å². The molecule has 0 spiro atoms. The Labute approximate surface area is 314 Å². The minimum atomic E-state index is 0.763. The van der Waals surface area contributed by atoms with Gasteiger partial charge in [-0.3, -0.25) is 0 Å². The van der Waals surface area contributed by atoms with Crippen LogP contribution in [0.25, 0.3) is 0 Å². The van der Waals surface area contributed by atoms with Gasteiger partial charge in [-0.2, -0.15) is 0 Å². The standard InChI is InChI=1S/C38H72.C9H20.C2H6/c1-7-10-12-14-16-17-18-19-20-21-22-23-25-27-29-37(6)34-38(32-30-35(4)9-3)33-31-36(5)28-26-24-15-13-11-8-2;1-3-5-7-9-8-6-4-2;1-2/h38H,4-34H2,1-3H3;3-9H2,1-2H3;1-2H3. The maximum atomic E-state index is 4.51. The van der Waals surface area contributed by atoms with Crippen molar-refractivity contribution in [2.24, 2.45) is 5.92 Å². The summed E-state index contributed by atoms with van der Waals surface area (Å²) in [5.41, 5.74) is 4.40. The molecule has 1 atom stereocenters. The Balaban J connectivity index is -0.00000165. The third kappa shape index (κ3) is 47.2. The summed E-state index contributed by atoms with van der Waals surface area (Å²) in [6.45, 7) is 28.6. The number of rotatable bonds is 37. The van der Waals surface area contributed by atoms with Crippen molar-refractivity contribution in [1.82, 2.24) is 0 Å². The molecule has 0 heterocycles. The molecule has 0 nitrogen and oxygen atoms in total. The highest BCUT2D eigenvalue weighted by Gasteiger charge is 2.12. The van der Waals surface area contributed by atoms with Gasteiger partial charge in [0, 0.05) is 0 Å². The largest absolute Gasteiger partial charge is 0.0999 e. The smallest absolute Gasteiger partial charge is 0.0294 e. The summed E-state index contributed by atoms with van der Waals surface area (Å²) < 4.78 is 0. The summed E-state index contributed by atoms with van der Waals surface area (Å²) in [6.07, 6.45) is 48.1. The summed E-state index contributed by atoms with van der Waals surface area (Å²) in [5.74, 6) is 0.763. The topological polar surface area (TPSA) is 0 Å². The van der Waals surface area contributed by atoms with Crippen LogP contribution >= 0.6 is 0 Å². The molecule has 294 valence electrons. The lowest BCUT2D eigenvalue weighted by Crippen LogP contribution is -2.04. The third-order valence-corrected chi connectivity index (χ3v) is 10.4. The molecule has 0 N–H and O–H groups in total. The van der Waals surface area contributed by atoms with E-state index in [-0.39, 0.29) is 0 Å². The summed E-state index contributed by atoms with van der Waals surface area (Å²) in [7, 11) is 0. The molecule has 0 bridgehead atoms. The normalized spacial score (nSPS) is 11.3. The Hall–Kier alpha value is -0.780. The minimum Gasteiger partial charge on any atom is -0.0999 e. The van der Waals surface area contributed by atoms with Gasteiger partial charge in [0.25, 0.3) is 0 Å². The average Bonchev–Trinajstić information content (AvgIpc) is 3.12. The molecule has 0 aromatic heterocycles. The van der Waals surface area contributed by atoms with Crippen molar-refractivity contribution in [3.8, 4) is 0 Å². The van der Waals surface area contributed by atoms with Crippen molar-refractivity contribution >= 4 is 0 Å². The fraction of sp³-hybridized carbons (Fsp3) is 0.878. The molecule has 0 aliphatic carbocycles. The Morgan fingerprint density at radius 1 is 0.327 bits per heavy atom. The number of allylic oxidation sites excluding steroid dienone is 3. The van der Waals surface area contributed by atoms with E-state index in [0.29, 0.717) is 0 Å². The molecule has 0 aromatic rings. The zero-order valence-corrected chi connectivity index (χ0v) is 35.9. The molecule has 49 heavy (non-hydrogen) atoms. The summed E-state index contributed by atoms with van der Waals surface area (Å²) in [6, 6.07) is 0. The second-order valence-electron chi connectivity index (χ2n) is 15.4. The van der Waals surface area contributed by atoms with Crippen LogP contribution in [0, 0.1) is 5.92 Å². The molecule has 0 aliphatic heterocycles. The lowest BCUT2D eigenvalue weighted by molar-refractivity contribution is 0.434. The van der Waals surface area contributed by atoms with Gasteiger partial charge in [0.2, 0.25) is 0 Å². The van der Waals surface area contributed by atoms with Crippen LogP contribution in [0.15, 0.2) is 36.5 Å². The van der Waals surface area contributed by atoms with Crippen molar-refractivity contribution in [3.63, 3.8) is 0 Å². The van der Waals surface area contributed by atoms with E-state index >= 15 is 0 Å². The number of hydrogen-bond acceptors (Lipinski definition) is 0. The van der Waals surface area contributed by atoms with Gasteiger partial charge in [-0.05, 0) is 70.1 Å². The van der Waals surface area contributed by atoms with E-state index in [9.17, 15) is 0 Å². The van der Waals surface area contributed by atoms with Gasteiger partial charge >= 0.3 is 0 Å². The molecular formula is C49H98. The Morgan fingerprint density at radius 3 is 0.898 bits per heavy atom. The van der Waals surface area contributed by atoms with Gasteiger partial charge in [-0.25, -0.2) is 0 Å².